The highest BCUT2D eigenvalue weighted by Gasteiger charge is 2.32. The van der Waals surface area contributed by atoms with Crippen LogP contribution in [0.4, 0.5) is 5.95 Å². The fourth-order valence-electron chi connectivity index (χ4n) is 4.28. The first-order valence-corrected chi connectivity index (χ1v) is 12.8. The van der Waals surface area contributed by atoms with Crippen molar-refractivity contribution in [3.05, 3.63) is 85.2 Å². The number of rotatable bonds is 6. The highest BCUT2D eigenvalue weighted by Crippen LogP contribution is 2.27. The highest BCUT2D eigenvalue weighted by molar-refractivity contribution is 6.42. The maximum absolute atomic E-state index is 13.8. The number of amides is 1. The number of benzene rings is 2. The summed E-state index contributed by atoms with van der Waals surface area (Å²) < 4.78 is 6.57. The van der Waals surface area contributed by atoms with E-state index in [2.05, 4.69) is 5.32 Å². The van der Waals surface area contributed by atoms with E-state index >= 15 is 0 Å². The smallest absolute Gasteiger partial charge is 0.338 e. The lowest BCUT2D eigenvalue weighted by atomic mass is 9.98. The van der Waals surface area contributed by atoms with Crippen molar-refractivity contribution in [1.82, 2.24) is 14.5 Å². The Balaban J connectivity index is 1.74. The summed E-state index contributed by atoms with van der Waals surface area (Å²) in [6.07, 6.45) is 0.344. The Kier molecular flexibility index (Phi) is 7.90. The molecule has 3 aromatic rings. The average molecular weight is 543 g/mol. The molecule has 0 saturated heterocycles. The molecule has 8 nitrogen and oxygen atoms in total. The van der Waals surface area contributed by atoms with Crippen LogP contribution in [0.5, 0.6) is 0 Å². The summed E-state index contributed by atoms with van der Waals surface area (Å²) in [4.78, 5) is 45.6. The monoisotopic (exact) mass is 542 g/mol. The third kappa shape index (κ3) is 5.50. The molecule has 0 aliphatic carbocycles. The van der Waals surface area contributed by atoms with Gasteiger partial charge in [-0.3, -0.25) is 9.59 Å². The van der Waals surface area contributed by atoms with Crippen LogP contribution >= 0.6 is 23.2 Å². The molecule has 0 saturated carbocycles. The molecule has 1 aromatic heterocycles. The Morgan fingerprint density at radius 2 is 1.78 bits per heavy atom. The van der Waals surface area contributed by atoms with Crippen LogP contribution in [0.1, 0.15) is 59.7 Å². The second kappa shape index (κ2) is 10.9. The second-order valence-corrected chi connectivity index (χ2v) is 10.00. The van der Waals surface area contributed by atoms with Crippen LogP contribution < -0.4 is 10.9 Å². The van der Waals surface area contributed by atoms with Crippen LogP contribution in [-0.4, -0.2) is 45.0 Å². The summed E-state index contributed by atoms with van der Waals surface area (Å²) in [6.45, 7) is 8.00. The molecule has 0 bridgehead atoms. The van der Waals surface area contributed by atoms with Crippen molar-refractivity contribution >= 4 is 41.0 Å². The number of ether oxygens (including phenoxy) is 1. The molecule has 1 atom stereocenters. The molecule has 10 heteroatoms. The topological polar surface area (TPSA) is 93.5 Å². The van der Waals surface area contributed by atoms with Gasteiger partial charge in [-0.05, 0) is 76.6 Å². The summed E-state index contributed by atoms with van der Waals surface area (Å²) in [5.41, 5.74) is 2.26. The van der Waals surface area contributed by atoms with Crippen LogP contribution in [0.3, 0.4) is 0 Å². The minimum atomic E-state index is -0.425. The molecule has 194 valence electrons. The first kappa shape index (κ1) is 26.7. The van der Waals surface area contributed by atoms with E-state index in [4.69, 9.17) is 32.9 Å². The number of anilines is 1. The van der Waals surface area contributed by atoms with E-state index in [-0.39, 0.29) is 36.7 Å². The first-order chi connectivity index (χ1) is 17.6. The number of aromatic nitrogens is 2. The van der Waals surface area contributed by atoms with Gasteiger partial charge in [-0.2, -0.15) is 0 Å². The maximum atomic E-state index is 13.8. The Bertz CT molecular complexity index is 1400. The van der Waals surface area contributed by atoms with Crippen LogP contribution in [-0.2, 0) is 17.7 Å². The van der Waals surface area contributed by atoms with Crippen LogP contribution in [0.2, 0.25) is 10.0 Å². The fourth-order valence-corrected chi connectivity index (χ4v) is 4.58. The Morgan fingerprint density at radius 3 is 2.41 bits per heavy atom. The number of carbonyl (C=O) groups excluding carboxylic acids is 2. The zero-order valence-electron chi connectivity index (χ0n) is 21.0. The van der Waals surface area contributed by atoms with Crippen LogP contribution in [0.15, 0.2) is 47.3 Å². The molecular weight excluding hydrogens is 515 g/mol. The van der Waals surface area contributed by atoms with Gasteiger partial charge in [-0.1, -0.05) is 23.2 Å². The van der Waals surface area contributed by atoms with Crippen molar-refractivity contribution in [2.75, 3.05) is 11.9 Å². The van der Waals surface area contributed by atoms with Crippen molar-refractivity contribution in [3.63, 3.8) is 0 Å². The van der Waals surface area contributed by atoms with Gasteiger partial charge in [0.2, 0.25) is 5.95 Å². The lowest BCUT2D eigenvalue weighted by Gasteiger charge is -2.34. The molecule has 2 aromatic carbocycles. The molecule has 0 fully saturated rings. The van der Waals surface area contributed by atoms with Gasteiger partial charge >= 0.3 is 5.97 Å². The molecule has 4 rings (SSSR count). The summed E-state index contributed by atoms with van der Waals surface area (Å²) in [5.74, 6) is -0.277. The van der Waals surface area contributed by atoms with E-state index in [1.54, 1.807) is 54.3 Å². The Labute approximate surface area is 225 Å². The maximum Gasteiger partial charge on any atom is 0.338 e. The van der Waals surface area contributed by atoms with Crippen molar-refractivity contribution in [2.24, 2.45) is 0 Å². The minimum absolute atomic E-state index is 0.00790. The molecule has 1 N–H and O–H groups in total. The Morgan fingerprint density at radius 1 is 1.11 bits per heavy atom. The van der Waals surface area contributed by atoms with Gasteiger partial charge in [0.05, 0.1) is 40.1 Å². The van der Waals surface area contributed by atoms with E-state index in [0.717, 1.165) is 0 Å². The number of esters is 1. The average Bonchev–Trinajstić information content (AvgIpc) is 2.85. The largest absolute Gasteiger partial charge is 0.462 e. The van der Waals surface area contributed by atoms with Gasteiger partial charge < -0.3 is 15.0 Å². The normalized spacial score (nSPS) is 14.9. The second-order valence-electron chi connectivity index (χ2n) is 9.18. The lowest BCUT2D eigenvalue weighted by molar-refractivity contribution is 0.0526. The summed E-state index contributed by atoms with van der Waals surface area (Å²) in [6, 6.07) is 11.2. The van der Waals surface area contributed by atoms with Gasteiger partial charge in [0.15, 0.2) is 0 Å². The molecule has 1 amide bonds. The first-order valence-electron chi connectivity index (χ1n) is 12.1. The third-order valence-electron chi connectivity index (χ3n) is 6.10. The lowest BCUT2D eigenvalue weighted by Crippen LogP contribution is -2.46. The molecule has 0 radical (unpaired) electrons. The molecule has 2 heterocycles. The number of nitrogens with zero attached hydrogens (tertiary/aromatic N) is 3. The van der Waals surface area contributed by atoms with Gasteiger partial charge in [0, 0.05) is 23.2 Å². The van der Waals surface area contributed by atoms with Gasteiger partial charge in [0.25, 0.3) is 11.5 Å². The van der Waals surface area contributed by atoms with Gasteiger partial charge in [-0.25, -0.2) is 14.3 Å². The zero-order valence-corrected chi connectivity index (χ0v) is 22.6. The van der Waals surface area contributed by atoms with E-state index in [0.29, 0.717) is 50.5 Å². The van der Waals surface area contributed by atoms with E-state index < -0.39 is 5.97 Å². The van der Waals surface area contributed by atoms with Crippen molar-refractivity contribution in [2.45, 2.75) is 52.7 Å². The number of nitrogens with one attached hydrogen (secondary N) is 1. The van der Waals surface area contributed by atoms with Crippen LogP contribution in [0.25, 0.3) is 5.69 Å². The molecular formula is C27H28Cl2N4O4. The van der Waals surface area contributed by atoms with Crippen molar-refractivity contribution < 1.29 is 14.3 Å². The quantitative estimate of drug-likeness (QED) is 0.434. The molecule has 0 unspecified atom stereocenters. The molecule has 0 spiro atoms. The summed E-state index contributed by atoms with van der Waals surface area (Å²) >= 11 is 12.1. The van der Waals surface area contributed by atoms with Crippen molar-refractivity contribution in [3.8, 4) is 5.69 Å². The van der Waals surface area contributed by atoms with Crippen LogP contribution in [0, 0.1) is 0 Å². The van der Waals surface area contributed by atoms with Gasteiger partial charge in [0.1, 0.15) is 0 Å². The minimum Gasteiger partial charge on any atom is -0.462 e. The van der Waals surface area contributed by atoms with E-state index in [9.17, 15) is 14.4 Å². The highest BCUT2D eigenvalue weighted by atomic mass is 35.5. The third-order valence-corrected chi connectivity index (χ3v) is 6.83. The molecule has 37 heavy (non-hydrogen) atoms. The zero-order chi connectivity index (χ0) is 26.9. The standard InChI is InChI=1S/C27H28Cl2N4O4/c1-5-37-26(36)17-6-9-19(10-7-17)33-25(35)20-12-16(4)32(14-23(20)31-27(33)30-15(2)3)24(34)18-8-11-21(28)22(29)13-18/h6-11,13,15-16H,5,12,14H2,1-4H3,(H,30,31)/t16-/m1/s1. The van der Waals surface area contributed by atoms with E-state index in [1.807, 2.05) is 20.8 Å². The number of hydrogen-bond acceptors (Lipinski definition) is 6. The number of carbonyl (C=O) groups is 2. The fraction of sp³-hybridized carbons (Fsp3) is 0.333. The van der Waals surface area contributed by atoms with Crippen molar-refractivity contribution in [1.29, 1.82) is 0 Å². The van der Waals surface area contributed by atoms with E-state index in [1.165, 1.54) is 4.57 Å². The SMILES string of the molecule is CCOC(=O)c1ccc(-n2c(NC(C)C)nc3c(c2=O)C[C@@H](C)N(C(=O)c2ccc(Cl)c(Cl)c2)C3)cc1. The van der Waals surface area contributed by atoms with Gasteiger partial charge in [-0.15, -0.1) is 0 Å². The predicted molar refractivity (Wildman–Crippen MR) is 144 cm³/mol. The summed E-state index contributed by atoms with van der Waals surface area (Å²) in [7, 11) is 0. The Hall–Kier alpha value is -3.36. The molecule has 1 aliphatic rings. The predicted octanol–water partition coefficient (Wildman–Crippen LogP) is 5.12. The number of hydrogen-bond donors (Lipinski definition) is 1. The number of fused-ring (bicyclic) bond motifs is 1. The summed E-state index contributed by atoms with van der Waals surface area (Å²) in [5, 5.41) is 3.92. The molecule has 1 aliphatic heterocycles. The number of halogens is 2.